The summed E-state index contributed by atoms with van der Waals surface area (Å²) in [5.41, 5.74) is 0. The van der Waals surface area contributed by atoms with Crippen molar-refractivity contribution in [1.29, 1.82) is 0 Å². The summed E-state index contributed by atoms with van der Waals surface area (Å²) in [6.07, 6.45) is 0.267. The molecule has 0 aromatic carbocycles. The molecular weight excluding hydrogens is 256 g/mol. The van der Waals surface area contributed by atoms with Gasteiger partial charge in [0.05, 0.1) is 12.0 Å². The molecule has 0 unspecified atom stereocenters. The van der Waals surface area contributed by atoms with Crippen molar-refractivity contribution in [2.45, 2.75) is 51.0 Å². The highest BCUT2D eigenvalue weighted by Crippen LogP contribution is 2.13. The van der Waals surface area contributed by atoms with E-state index in [-0.39, 0.29) is 31.6 Å². The van der Waals surface area contributed by atoms with E-state index in [4.69, 9.17) is 0 Å². The first-order valence-electron chi connectivity index (χ1n) is 6.25. The number of likely N-dealkylation sites (N-methyl/N-ethyl adjacent to an activating group) is 1. The van der Waals surface area contributed by atoms with Gasteiger partial charge in [-0.15, -0.1) is 6.58 Å². The molecule has 0 aromatic rings. The van der Waals surface area contributed by atoms with E-state index in [2.05, 4.69) is 6.58 Å². The third-order valence-electron chi connectivity index (χ3n) is 2.85. The van der Waals surface area contributed by atoms with Gasteiger partial charge in [0.1, 0.15) is 0 Å². The van der Waals surface area contributed by atoms with Gasteiger partial charge in [-0.1, -0.05) is 12.5 Å². The Labute approximate surface area is 112 Å². The minimum atomic E-state index is -2.38. The molecule has 1 amide bonds. The van der Waals surface area contributed by atoms with Crippen molar-refractivity contribution in [3.8, 4) is 0 Å². The molecule has 0 spiro atoms. The minimum absolute atomic E-state index is 0.130. The van der Waals surface area contributed by atoms with Gasteiger partial charge >= 0.3 is 0 Å². The number of rotatable bonds is 10. The molecule has 19 heavy (non-hydrogen) atoms. The third kappa shape index (κ3) is 7.54. The fourth-order valence-electron chi connectivity index (χ4n) is 1.68. The van der Waals surface area contributed by atoms with Crippen LogP contribution in [0.25, 0.3) is 0 Å². The molecular formula is C13H20F2NO3-. The third-order valence-corrected chi connectivity index (χ3v) is 2.85. The molecule has 0 aliphatic carbocycles. The minimum Gasteiger partial charge on any atom is -0.548 e. The van der Waals surface area contributed by atoms with Crippen LogP contribution in [0.5, 0.6) is 0 Å². The van der Waals surface area contributed by atoms with Crippen molar-refractivity contribution in [3.05, 3.63) is 12.7 Å². The second kappa shape index (κ2) is 9.47. The summed E-state index contributed by atoms with van der Waals surface area (Å²) >= 11 is 0. The quantitative estimate of drug-likeness (QED) is 0.447. The SMILES string of the molecule is C=CCCC(=O)N(C)[C@@H](CCCCC(F)F)C(=O)[O-]. The molecule has 0 saturated heterocycles. The molecule has 0 rings (SSSR count). The van der Waals surface area contributed by atoms with Crippen molar-refractivity contribution in [3.63, 3.8) is 0 Å². The van der Waals surface area contributed by atoms with Crippen LogP contribution in [0.15, 0.2) is 12.7 Å². The number of halogens is 2. The molecule has 0 aliphatic heterocycles. The Morgan fingerprint density at radius 2 is 1.89 bits per heavy atom. The van der Waals surface area contributed by atoms with Crippen LogP contribution in [0.1, 0.15) is 38.5 Å². The zero-order chi connectivity index (χ0) is 14.8. The van der Waals surface area contributed by atoms with Crippen molar-refractivity contribution in [1.82, 2.24) is 4.90 Å². The highest BCUT2D eigenvalue weighted by atomic mass is 19.3. The summed E-state index contributed by atoms with van der Waals surface area (Å²) in [4.78, 5) is 23.7. The van der Waals surface area contributed by atoms with Crippen LogP contribution in [-0.4, -0.2) is 36.3 Å². The predicted octanol–water partition coefficient (Wildman–Crippen LogP) is 1.35. The maximum atomic E-state index is 11.9. The van der Waals surface area contributed by atoms with Crippen molar-refractivity contribution in [2.24, 2.45) is 0 Å². The van der Waals surface area contributed by atoms with E-state index < -0.39 is 18.4 Å². The first kappa shape index (κ1) is 17.5. The van der Waals surface area contributed by atoms with Crippen LogP contribution in [0.3, 0.4) is 0 Å². The van der Waals surface area contributed by atoms with Gasteiger partial charge in [-0.25, -0.2) is 8.78 Å². The lowest BCUT2D eigenvalue weighted by Crippen LogP contribution is -2.48. The van der Waals surface area contributed by atoms with E-state index in [0.29, 0.717) is 12.8 Å². The lowest BCUT2D eigenvalue weighted by atomic mass is 10.1. The van der Waals surface area contributed by atoms with E-state index in [0.717, 1.165) is 4.90 Å². The standard InChI is InChI=1S/C13H21F2NO3/c1-3-4-9-12(17)16(2)10(13(18)19)7-5-6-8-11(14)15/h3,10-11H,1,4-9H2,2H3,(H,18,19)/p-1/t10-/m0/s1. The lowest BCUT2D eigenvalue weighted by Gasteiger charge is -2.29. The van der Waals surface area contributed by atoms with Crippen molar-refractivity contribution < 1.29 is 23.5 Å². The van der Waals surface area contributed by atoms with Gasteiger partial charge in [-0.2, -0.15) is 0 Å². The maximum absolute atomic E-state index is 11.9. The Morgan fingerprint density at radius 1 is 1.32 bits per heavy atom. The molecule has 0 heterocycles. The summed E-state index contributed by atoms with van der Waals surface area (Å²) in [5.74, 6) is -1.67. The monoisotopic (exact) mass is 276 g/mol. The molecule has 0 radical (unpaired) electrons. The zero-order valence-electron chi connectivity index (χ0n) is 11.1. The number of carboxylic acid groups (broad SMARTS) is 1. The van der Waals surface area contributed by atoms with Gasteiger partial charge in [0.15, 0.2) is 0 Å². The highest BCUT2D eigenvalue weighted by molar-refractivity contribution is 5.82. The molecule has 6 heteroatoms. The smallest absolute Gasteiger partial charge is 0.238 e. The molecule has 1 atom stereocenters. The van der Waals surface area contributed by atoms with Crippen LogP contribution in [-0.2, 0) is 9.59 Å². The van der Waals surface area contributed by atoms with Gasteiger partial charge < -0.3 is 14.8 Å². The van der Waals surface area contributed by atoms with E-state index in [9.17, 15) is 23.5 Å². The highest BCUT2D eigenvalue weighted by Gasteiger charge is 2.20. The van der Waals surface area contributed by atoms with E-state index >= 15 is 0 Å². The lowest BCUT2D eigenvalue weighted by molar-refractivity contribution is -0.311. The van der Waals surface area contributed by atoms with Crippen LogP contribution in [0, 0.1) is 0 Å². The Kier molecular flexibility index (Phi) is 8.74. The molecule has 0 fully saturated rings. The molecule has 0 aromatic heterocycles. The topological polar surface area (TPSA) is 60.4 Å². The van der Waals surface area contributed by atoms with Crippen molar-refractivity contribution >= 4 is 11.9 Å². The Balaban J connectivity index is 4.26. The molecule has 0 saturated carbocycles. The number of carbonyl (C=O) groups excluding carboxylic acids is 2. The number of nitrogens with zero attached hydrogens (tertiary/aromatic N) is 1. The molecule has 4 nitrogen and oxygen atoms in total. The second-order valence-corrected chi connectivity index (χ2v) is 4.34. The average Bonchev–Trinajstić information content (AvgIpc) is 2.34. The molecule has 110 valence electrons. The average molecular weight is 276 g/mol. The van der Waals surface area contributed by atoms with Crippen LogP contribution in [0.2, 0.25) is 0 Å². The summed E-state index contributed by atoms with van der Waals surface area (Å²) in [5, 5.41) is 11.0. The number of hydrogen-bond acceptors (Lipinski definition) is 3. The van der Waals surface area contributed by atoms with Gasteiger partial charge in [-0.3, -0.25) is 4.79 Å². The Hall–Kier alpha value is -1.46. The first-order valence-corrected chi connectivity index (χ1v) is 6.25. The number of amides is 1. The zero-order valence-corrected chi connectivity index (χ0v) is 11.1. The summed E-state index contributed by atoms with van der Waals surface area (Å²) < 4.78 is 23.9. The molecule has 0 N–H and O–H groups in total. The van der Waals surface area contributed by atoms with Crippen LogP contribution >= 0.6 is 0 Å². The fraction of sp³-hybridized carbons (Fsp3) is 0.692. The van der Waals surface area contributed by atoms with Gasteiger partial charge in [0.25, 0.3) is 0 Å². The first-order chi connectivity index (χ1) is 8.90. The molecule has 0 bridgehead atoms. The van der Waals surface area contributed by atoms with E-state index in [1.807, 2.05) is 0 Å². The van der Waals surface area contributed by atoms with Gasteiger partial charge in [0, 0.05) is 19.9 Å². The number of aliphatic carboxylic acids is 1. The largest absolute Gasteiger partial charge is 0.548 e. The van der Waals surface area contributed by atoms with Gasteiger partial charge in [-0.05, 0) is 19.3 Å². The normalized spacial score (nSPS) is 12.2. The van der Waals surface area contributed by atoms with E-state index in [1.54, 1.807) is 6.08 Å². The Bertz CT molecular complexity index is 308. The number of hydrogen-bond donors (Lipinski definition) is 0. The fourth-order valence-corrected chi connectivity index (χ4v) is 1.68. The summed E-state index contributed by atoms with van der Waals surface area (Å²) in [6.45, 7) is 3.48. The summed E-state index contributed by atoms with van der Waals surface area (Å²) in [7, 11) is 1.39. The number of alkyl halides is 2. The summed E-state index contributed by atoms with van der Waals surface area (Å²) in [6, 6.07) is -1.06. The number of carboxylic acids is 1. The number of carbonyl (C=O) groups is 2. The van der Waals surface area contributed by atoms with Crippen LogP contribution in [0.4, 0.5) is 8.78 Å². The Morgan fingerprint density at radius 3 is 2.37 bits per heavy atom. The van der Waals surface area contributed by atoms with Crippen molar-refractivity contribution in [2.75, 3.05) is 7.05 Å². The molecule has 0 aliphatic rings. The van der Waals surface area contributed by atoms with E-state index in [1.165, 1.54) is 7.05 Å². The predicted molar refractivity (Wildman–Crippen MR) is 65.5 cm³/mol. The number of unbranched alkanes of at least 4 members (excludes halogenated alkanes) is 1. The van der Waals surface area contributed by atoms with Crippen LogP contribution < -0.4 is 5.11 Å². The van der Waals surface area contributed by atoms with Gasteiger partial charge in [0.2, 0.25) is 12.3 Å². The number of allylic oxidation sites excluding steroid dienone is 1. The maximum Gasteiger partial charge on any atom is 0.238 e. The second-order valence-electron chi connectivity index (χ2n) is 4.34.